The molecule has 0 radical (unpaired) electrons. The van der Waals surface area contributed by atoms with Crippen LogP contribution in [0.3, 0.4) is 0 Å². The summed E-state index contributed by atoms with van der Waals surface area (Å²) in [5.41, 5.74) is -0.0874. The summed E-state index contributed by atoms with van der Waals surface area (Å²) < 4.78 is 0. The first-order valence-electron chi connectivity index (χ1n) is 3.12. The molecule has 0 spiro atoms. The van der Waals surface area contributed by atoms with Gasteiger partial charge in [0.15, 0.2) is 0 Å². The van der Waals surface area contributed by atoms with Crippen LogP contribution >= 0.6 is 0 Å². The summed E-state index contributed by atoms with van der Waals surface area (Å²) in [7, 11) is 1.67. The molecule has 3 nitrogen and oxygen atoms in total. The van der Waals surface area contributed by atoms with E-state index >= 15 is 0 Å². The van der Waals surface area contributed by atoms with Gasteiger partial charge in [0.1, 0.15) is 0 Å². The van der Waals surface area contributed by atoms with E-state index in [9.17, 15) is 0 Å². The Balaban J connectivity index is 4.23. The molecule has 10 heavy (non-hydrogen) atoms. The molecule has 0 aromatic heterocycles. The summed E-state index contributed by atoms with van der Waals surface area (Å²) in [4.78, 5) is 8.73. The van der Waals surface area contributed by atoms with E-state index in [2.05, 4.69) is 16.9 Å². The van der Waals surface area contributed by atoms with Crippen molar-refractivity contribution in [2.45, 2.75) is 20.8 Å². The van der Waals surface area contributed by atoms with Crippen LogP contribution in [-0.2, 0) is 4.84 Å². The van der Waals surface area contributed by atoms with Crippen molar-refractivity contribution in [3.05, 3.63) is 0 Å². The Kier molecular flexibility index (Phi) is 3.06. The molecule has 0 N–H and O–H groups in total. The maximum absolute atomic E-state index is 4.82. The van der Waals surface area contributed by atoms with E-state index in [1.807, 2.05) is 20.8 Å². The fourth-order valence-corrected chi connectivity index (χ4v) is 0.574. The van der Waals surface area contributed by atoms with Gasteiger partial charge in [0, 0.05) is 19.2 Å². The van der Waals surface area contributed by atoms with Gasteiger partial charge in [0.25, 0.3) is 0 Å². The van der Waals surface area contributed by atoms with Gasteiger partial charge in [-0.1, -0.05) is 25.9 Å². The highest BCUT2D eigenvalue weighted by Gasteiger charge is 2.20. The molecule has 0 aliphatic rings. The molecule has 58 valence electrons. The van der Waals surface area contributed by atoms with Crippen molar-refractivity contribution in [3.63, 3.8) is 0 Å². The van der Waals surface area contributed by atoms with Gasteiger partial charge in [-0.05, 0) is 0 Å². The monoisotopic (exact) mass is 142 g/mol. The summed E-state index contributed by atoms with van der Waals surface area (Å²) in [6.07, 6.45) is 0. The fraction of sp³-hybridized carbons (Fsp3) is 0.714. The molecular formula is C7H14N2O. The first kappa shape index (κ1) is 9.14. The zero-order valence-electron chi connectivity index (χ0n) is 7.01. The van der Waals surface area contributed by atoms with Crippen LogP contribution in [0.1, 0.15) is 20.8 Å². The number of aliphatic imine (C=N–C) groups is 1. The predicted octanol–water partition coefficient (Wildman–Crippen LogP) is 1.69. The number of nitrogens with zero attached hydrogens (tertiary/aromatic N) is 2. The standard InChI is InChI=1S/C7H14N2O/c1-7(2,3)6(8-4)10-9-5/h5H2,1-4H3/b8-6-. The van der Waals surface area contributed by atoms with Crippen molar-refractivity contribution in [1.29, 1.82) is 0 Å². The minimum atomic E-state index is -0.0874. The van der Waals surface area contributed by atoms with E-state index in [-0.39, 0.29) is 5.41 Å². The quantitative estimate of drug-likeness (QED) is 0.311. The molecule has 0 fully saturated rings. The third-order valence-electron chi connectivity index (χ3n) is 0.996. The van der Waals surface area contributed by atoms with Crippen LogP contribution in [0, 0.1) is 5.41 Å². The molecule has 0 bridgehead atoms. The van der Waals surface area contributed by atoms with Crippen molar-refractivity contribution >= 4 is 12.6 Å². The highest BCUT2D eigenvalue weighted by Crippen LogP contribution is 2.16. The van der Waals surface area contributed by atoms with Crippen molar-refractivity contribution in [2.24, 2.45) is 15.6 Å². The van der Waals surface area contributed by atoms with E-state index in [1.54, 1.807) is 7.05 Å². The second-order valence-electron chi connectivity index (χ2n) is 3.00. The highest BCUT2D eigenvalue weighted by atomic mass is 16.6. The number of hydrogen-bond acceptors (Lipinski definition) is 3. The average molecular weight is 142 g/mol. The molecule has 0 aliphatic heterocycles. The minimum Gasteiger partial charge on any atom is -0.342 e. The van der Waals surface area contributed by atoms with Crippen LogP contribution in [0.2, 0.25) is 0 Å². The molecule has 0 aromatic carbocycles. The summed E-state index contributed by atoms with van der Waals surface area (Å²) in [5.74, 6) is 0.600. The second kappa shape index (κ2) is 3.34. The minimum absolute atomic E-state index is 0.0874. The Morgan fingerprint density at radius 2 is 1.90 bits per heavy atom. The summed E-state index contributed by atoms with van der Waals surface area (Å²) in [5, 5.41) is 3.29. The smallest absolute Gasteiger partial charge is 0.225 e. The third kappa shape index (κ3) is 2.62. The van der Waals surface area contributed by atoms with Crippen LogP contribution in [0.4, 0.5) is 0 Å². The van der Waals surface area contributed by atoms with E-state index in [4.69, 9.17) is 4.84 Å². The molecule has 0 unspecified atom stereocenters. The lowest BCUT2D eigenvalue weighted by molar-refractivity contribution is 0.282. The Morgan fingerprint density at radius 1 is 1.40 bits per heavy atom. The zero-order valence-corrected chi connectivity index (χ0v) is 7.01. The van der Waals surface area contributed by atoms with Crippen molar-refractivity contribution in [2.75, 3.05) is 7.05 Å². The number of rotatable bonds is 1. The Hall–Kier alpha value is -0.860. The molecule has 0 aromatic rings. The second-order valence-corrected chi connectivity index (χ2v) is 3.00. The lowest BCUT2D eigenvalue weighted by atomic mass is 9.97. The van der Waals surface area contributed by atoms with Gasteiger partial charge < -0.3 is 4.84 Å². The molecule has 0 saturated carbocycles. The summed E-state index contributed by atoms with van der Waals surface area (Å²) in [6, 6.07) is 0. The highest BCUT2D eigenvalue weighted by molar-refractivity contribution is 5.81. The first-order chi connectivity index (χ1) is 4.52. The van der Waals surface area contributed by atoms with Crippen LogP contribution in [0.25, 0.3) is 0 Å². The maximum Gasteiger partial charge on any atom is 0.225 e. The Bertz CT molecular complexity index is 144. The number of hydrogen-bond donors (Lipinski definition) is 0. The topological polar surface area (TPSA) is 34.0 Å². The Morgan fingerprint density at radius 3 is 2.00 bits per heavy atom. The van der Waals surface area contributed by atoms with Crippen LogP contribution in [-0.4, -0.2) is 19.7 Å². The molecule has 0 rings (SSSR count). The molecule has 0 atom stereocenters. The van der Waals surface area contributed by atoms with E-state index < -0.39 is 0 Å². The lowest BCUT2D eigenvalue weighted by Gasteiger charge is -2.17. The molecule has 0 heterocycles. The van der Waals surface area contributed by atoms with E-state index in [0.717, 1.165) is 0 Å². The van der Waals surface area contributed by atoms with E-state index in [0.29, 0.717) is 5.90 Å². The third-order valence-corrected chi connectivity index (χ3v) is 0.996. The van der Waals surface area contributed by atoms with Gasteiger partial charge >= 0.3 is 0 Å². The van der Waals surface area contributed by atoms with Gasteiger partial charge in [-0.3, -0.25) is 4.99 Å². The SMILES string of the molecule is C=NO/C(=N\C)C(C)(C)C. The first-order valence-corrected chi connectivity index (χ1v) is 3.12. The number of oxime groups is 1. The van der Waals surface area contributed by atoms with Gasteiger partial charge in [-0.15, -0.1) is 0 Å². The molecule has 0 aliphatic carbocycles. The van der Waals surface area contributed by atoms with Crippen LogP contribution in [0.5, 0.6) is 0 Å². The summed E-state index contributed by atoms with van der Waals surface area (Å²) in [6.45, 7) is 9.21. The fourth-order valence-electron chi connectivity index (χ4n) is 0.574. The van der Waals surface area contributed by atoms with Gasteiger partial charge in [0.05, 0.1) is 0 Å². The predicted molar refractivity (Wildman–Crippen MR) is 43.4 cm³/mol. The average Bonchev–Trinajstić information content (AvgIpc) is 1.80. The molecule has 0 saturated heterocycles. The summed E-state index contributed by atoms with van der Waals surface area (Å²) >= 11 is 0. The van der Waals surface area contributed by atoms with Crippen LogP contribution in [0.15, 0.2) is 10.1 Å². The molecular weight excluding hydrogens is 128 g/mol. The maximum atomic E-state index is 4.82. The van der Waals surface area contributed by atoms with Crippen molar-refractivity contribution in [3.8, 4) is 0 Å². The van der Waals surface area contributed by atoms with Gasteiger partial charge in [0.2, 0.25) is 5.90 Å². The normalized spacial score (nSPS) is 13.0. The Labute approximate surface area is 61.8 Å². The van der Waals surface area contributed by atoms with Crippen molar-refractivity contribution < 1.29 is 4.84 Å². The van der Waals surface area contributed by atoms with Crippen molar-refractivity contribution in [1.82, 2.24) is 0 Å². The lowest BCUT2D eigenvalue weighted by Crippen LogP contribution is -2.21. The van der Waals surface area contributed by atoms with Gasteiger partial charge in [-0.2, -0.15) is 0 Å². The van der Waals surface area contributed by atoms with E-state index in [1.165, 1.54) is 0 Å². The molecule has 0 amide bonds. The molecule has 3 heteroatoms. The zero-order chi connectivity index (χ0) is 8.20. The van der Waals surface area contributed by atoms with Gasteiger partial charge in [-0.25, -0.2) is 0 Å². The largest absolute Gasteiger partial charge is 0.342 e. The van der Waals surface area contributed by atoms with Crippen LogP contribution < -0.4 is 0 Å².